The maximum absolute atomic E-state index is 12.9. The van der Waals surface area contributed by atoms with Crippen LogP contribution in [-0.2, 0) is 9.59 Å². The molecule has 0 fully saturated rings. The smallest absolute Gasteiger partial charge is 0.244 e. The van der Waals surface area contributed by atoms with Gasteiger partial charge in [-0.15, -0.1) is 0 Å². The second kappa shape index (κ2) is 7.24. The fraction of sp³-hybridized carbons (Fsp3) is 0.176. The lowest BCUT2D eigenvalue weighted by atomic mass is 10.1. The van der Waals surface area contributed by atoms with Crippen molar-refractivity contribution in [3.63, 3.8) is 0 Å². The zero-order chi connectivity index (χ0) is 17.0. The summed E-state index contributed by atoms with van der Waals surface area (Å²) in [6.45, 7) is 3.06. The van der Waals surface area contributed by atoms with Crippen LogP contribution < -0.4 is 10.2 Å². The number of aryl methyl sites for hydroxylation is 1. The molecule has 2 aromatic rings. The first-order chi connectivity index (χ1) is 10.9. The van der Waals surface area contributed by atoms with Gasteiger partial charge in [-0.1, -0.05) is 11.6 Å². The molecule has 2 rings (SSSR count). The van der Waals surface area contributed by atoms with Crippen molar-refractivity contribution in [2.75, 3.05) is 16.8 Å². The number of hydrogen-bond acceptors (Lipinski definition) is 2. The lowest BCUT2D eigenvalue weighted by molar-refractivity contribution is -0.120. The van der Waals surface area contributed by atoms with Gasteiger partial charge in [0, 0.05) is 23.3 Å². The van der Waals surface area contributed by atoms with E-state index in [2.05, 4.69) is 5.32 Å². The second-order valence-corrected chi connectivity index (χ2v) is 5.53. The number of carbonyl (C=O) groups is 2. The van der Waals surface area contributed by atoms with Crippen LogP contribution in [0.25, 0.3) is 0 Å². The molecule has 120 valence electrons. The fourth-order valence-corrected chi connectivity index (χ4v) is 2.39. The van der Waals surface area contributed by atoms with Gasteiger partial charge in [0.1, 0.15) is 12.4 Å². The number of carbonyl (C=O) groups excluding carboxylic acids is 2. The summed E-state index contributed by atoms with van der Waals surface area (Å²) in [6.07, 6.45) is 0. The standard InChI is InChI=1S/C17H16ClFN2O2/c1-11-9-13(18)3-8-16(11)21(12(2)22)10-17(23)20-15-6-4-14(19)5-7-15/h3-9H,10H2,1-2H3,(H,20,23). The lowest BCUT2D eigenvalue weighted by Gasteiger charge is -2.22. The van der Waals surface area contributed by atoms with Crippen LogP contribution in [0.5, 0.6) is 0 Å². The number of amides is 2. The number of nitrogens with zero attached hydrogens (tertiary/aromatic N) is 1. The summed E-state index contributed by atoms with van der Waals surface area (Å²) in [6, 6.07) is 10.5. The molecule has 0 unspecified atom stereocenters. The summed E-state index contributed by atoms with van der Waals surface area (Å²) < 4.78 is 12.9. The van der Waals surface area contributed by atoms with E-state index < -0.39 is 0 Å². The van der Waals surface area contributed by atoms with Gasteiger partial charge in [-0.05, 0) is 55.0 Å². The minimum absolute atomic E-state index is 0.144. The summed E-state index contributed by atoms with van der Waals surface area (Å²) in [7, 11) is 0. The van der Waals surface area contributed by atoms with Crippen LogP contribution in [0.15, 0.2) is 42.5 Å². The number of rotatable bonds is 4. The Bertz CT molecular complexity index is 732. The van der Waals surface area contributed by atoms with E-state index in [9.17, 15) is 14.0 Å². The molecule has 1 N–H and O–H groups in total. The van der Waals surface area contributed by atoms with E-state index in [0.717, 1.165) is 5.56 Å². The first-order valence-corrected chi connectivity index (χ1v) is 7.34. The molecular formula is C17H16ClFN2O2. The Morgan fingerprint density at radius 3 is 2.39 bits per heavy atom. The van der Waals surface area contributed by atoms with Gasteiger partial charge in [-0.2, -0.15) is 0 Å². The third-order valence-electron chi connectivity index (χ3n) is 3.26. The van der Waals surface area contributed by atoms with E-state index in [0.29, 0.717) is 16.4 Å². The van der Waals surface area contributed by atoms with E-state index in [1.165, 1.54) is 36.1 Å². The van der Waals surface area contributed by atoms with Crippen molar-refractivity contribution in [1.29, 1.82) is 0 Å². The van der Waals surface area contributed by atoms with Gasteiger partial charge in [0.15, 0.2) is 0 Å². The van der Waals surface area contributed by atoms with Crippen molar-refractivity contribution in [1.82, 2.24) is 0 Å². The lowest BCUT2D eigenvalue weighted by Crippen LogP contribution is -2.37. The average Bonchev–Trinajstić information content (AvgIpc) is 2.48. The van der Waals surface area contributed by atoms with E-state index in [4.69, 9.17) is 11.6 Å². The van der Waals surface area contributed by atoms with Gasteiger partial charge < -0.3 is 10.2 Å². The summed E-state index contributed by atoms with van der Waals surface area (Å²) in [5, 5.41) is 3.19. The third-order valence-corrected chi connectivity index (χ3v) is 3.49. The largest absolute Gasteiger partial charge is 0.325 e. The number of hydrogen-bond donors (Lipinski definition) is 1. The Labute approximate surface area is 138 Å². The second-order valence-electron chi connectivity index (χ2n) is 5.09. The highest BCUT2D eigenvalue weighted by molar-refractivity contribution is 6.30. The van der Waals surface area contributed by atoms with Crippen LogP contribution in [0.1, 0.15) is 12.5 Å². The summed E-state index contributed by atoms with van der Waals surface area (Å²) in [5.74, 6) is -1.02. The van der Waals surface area contributed by atoms with Crippen molar-refractivity contribution < 1.29 is 14.0 Å². The van der Waals surface area contributed by atoms with Gasteiger partial charge >= 0.3 is 0 Å². The molecule has 6 heteroatoms. The molecule has 0 spiro atoms. The molecule has 0 atom stereocenters. The third kappa shape index (κ3) is 4.53. The zero-order valence-electron chi connectivity index (χ0n) is 12.8. The van der Waals surface area contributed by atoms with Gasteiger partial charge in [0.2, 0.25) is 11.8 Å². The molecule has 0 saturated carbocycles. The molecule has 0 aliphatic rings. The molecule has 0 bridgehead atoms. The topological polar surface area (TPSA) is 49.4 Å². The summed E-state index contributed by atoms with van der Waals surface area (Å²) >= 11 is 5.91. The Kier molecular flexibility index (Phi) is 5.34. The van der Waals surface area contributed by atoms with Crippen molar-refractivity contribution in [3.05, 3.63) is 58.9 Å². The van der Waals surface area contributed by atoms with Crippen molar-refractivity contribution in [3.8, 4) is 0 Å². The first-order valence-electron chi connectivity index (χ1n) is 6.96. The minimum Gasteiger partial charge on any atom is -0.325 e. The van der Waals surface area contributed by atoms with Gasteiger partial charge in [0.05, 0.1) is 0 Å². The quantitative estimate of drug-likeness (QED) is 0.925. The Morgan fingerprint density at radius 2 is 1.83 bits per heavy atom. The molecule has 0 aliphatic heterocycles. The van der Waals surface area contributed by atoms with Gasteiger partial charge in [0.25, 0.3) is 0 Å². The molecule has 0 aromatic heterocycles. The maximum atomic E-state index is 12.9. The van der Waals surface area contributed by atoms with Crippen molar-refractivity contribution in [2.45, 2.75) is 13.8 Å². The monoisotopic (exact) mass is 334 g/mol. The Hall–Kier alpha value is -2.40. The van der Waals surface area contributed by atoms with Gasteiger partial charge in [-0.3, -0.25) is 9.59 Å². The van der Waals surface area contributed by atoms with Crippen LogP contribution in [-0.4, -0.2) is 18.4 Å². The average molecular weight is 335 g/mol. The van der Waals surface area contributed by atoms with E-state index in [-0.39, 0.29) is 24.2 Å². The Balaban J connectivity index is 2.14. The van der Waals surface area contributed by atoms with Crippen molar-refractivity contribution >= 4 is 34.8 Å². The predicted octanol–water partition coefficient (Wildman–Crippen LogP) is 3.78. The predicted molar refractivity (Wildman–Crippen MR) is 89.2 cm³/mol. The van der Waals surface area contributed by atoms with Crippen LogP contribution in [0, 0.1) is 12.7 Å². The van der Waals surface area contributed by atoms with E-state index in [1.807, 2.05) is 6.92 Å². The fourth-order valence-electron chi connectivity index (χ4n) is 2.17. The molecule has 0 aliphatic carbocycles. The molecular weight excluding hydrogens is 319 g/mol. The number of anilines is 2. The van der Waals surface area contributed by atoms with Crippen LogP contribution in [0.4, 0.5) is 15.8 Å². The molecule has 4 nitrogen and oxygen atoms in total. The zero-order valence-corrected chi connectivity index (χ0v) is 13.5. The van der Waals surface area contributed by atoms with Gasteiger partial charge in [-0.25, -0.2) is 4.39 Å². The van der Waals surface area contributed by atoms with E-state index >= 15 is 0 Å². The molecule has 23 heavy (non-hydrogen) atoms. The SMILES string of the molecule is CC(=O)N(CC(=O)Nc1ccc(F)cc1)c1ccc(Cl)cc1C. The number of halogens is 2. The molecule has 0 heterocycles. The van der Waals surface area contributed by atoms with Crippen LogP contribution in [0.3, 0.4) is 0 Å². The first kappa shape index (κ1) is 17.0. The highest BCUT2D eigenvalue weighted by atomic mass is 35.5. The number of benzene rings is 2. The Morgan fingerprint density at radius 1 is 1.17 bits per heavy atom. The highest BCUT2D eigenvalue weighted by Gasteiger charge is 2.17. The molecule has 0 saturated heterocycles. The van der Waals surface area contributed by atoms with Crippen molar-refractivity contribution in [2.24, 2.45) is 0 Å². The van der Waals surface area contributed by atoms with Crippen LogP contribution >= 0.6 is 11.6 Å². The summed E-state index contributed by atoms with van der Waals surface area (Å²) in [4.78, 5) is 25.4. The molecule has 0 radical (unpaired) electrons. The molecule has 2 amide bonds. The van der Waals surface area contributed by atoms with Crippen LogP contribution in [0.2, 0.25) is 5.02 Å². The highest BCUT2D eigenvalue weighted by Crippen LogP contribution is 2.23. The van der Waals surface area contributed by atoms with E-state index in [1.54, 1.807) is 18.2 Å². The normalized spacial score (nSPS) is 10.3. The molecule has 2 aromatic carbocycles. The number of nitrogens with one attached hydrogen (secondary N) is 1. The maximum Gasteiger partial charge on any atom is 0.244 e. The minimum atomic E-state index is -0.384. The summed E-state index contributed by atoms with van der Waals surface area (Å²) in [5.41, 5.74) is 1.88.